The molecule has 1 aromatic carbocycles. The third kappa shape index (κ3) is 5.32. The summed E-state index contributed by atoms with van der Waals surface area (Å²) in [4.78, 5) is 23.4. The molecule has 0 aliphatic carbocycles. The van der Waals surface area contributed by atoms with Crippen LogP contribution < -0.4 is 19.7 Å². The molecule has 2 rings (SSSR count). The van der Waals surface area contributed by atoms with Crippen molar-refractivity contribution in [1.29, 1.82) is 0 Å². The highest BCUT2D eigenvalue weighted by molar-refractivity contribution is 5.92. The maximum absolute atomic E-state index is 12.5. The predicted octanol–water partition coefficient (Wildman–Crippen LogP) is 2.62. The highest BCUT2D eigenvalue weighted by Crippen LogP contribution is 2.27. The number of nitrogens with zero attached hydrogens (tertiary/aromatic N) is 3. The second-order valence-corrected chi connectivity index (χ2v) is 6.06. The van der Waals surface area contributed by atoms with Crippen molar-refractivity contribution in [3.8, 4) is 11.5 Å². The molecule has 0 bridgehead atoms. The Hall–Kier alpha value is -2.83. The Morgan fingerprint density at radius 2 is 1.78 bits per heavy atom. The second kappa shape index (κ2) is 9.75. The van der Waals surface area contributed by atoms with Crippen LogP contribution in [0.5, 0.6) is 11.5 Å². The summed E-state index contributed by atoms with van der Waals surface area (Å²) in [5.41, 5.74) is 2.21. The number of ether oxygens (including phenoxy) is 2. The van der Waals surface area contributed by atoms with E-state index in [0.29, 0.717) is 36.1 Å². The van der Waals surface area contributed by atoms with Gasteiger partial charge in [-0.2, -0.15) is 0 Å². The SMILES string of the molecule is CCN(CC)c1nc(C)cc(C(=O)NCCc2ccc(OC)c(OC)c2)n1. The van der Waals surface area contributed by atoms with Crippen molar-refractivity contribution >= 4 is 11.9 Å². The maximum atomic E-state index is 12.5. The van der Waals surface area contributed by atoms with Crippen LogP contribution in [0.15, 0.2) is 24.3 Å². The van der Waals surface area contributed by atoms with Crippen LogP contribution in [0.1, 0.15) is 35.6 Å². The Kier molecular flexibility index (Phi) is 7.40. The van der Waals surface area contributed by atoms with Crippen molar-refractivity contribution in [2.75, 3.05) is 38.8 Å². The Balaban J connectivity index is 2.02. The summed E-state index contributed by atoms with van der Waals surface area (Å²) in [6.45, 7) is 8.03. The Bertz CT molecular complexity index is 776. The van der Waals surface area contributed by atoms with Crippen molar-refractivity contribution in [1.82, 2.24) is 15.3 Å². The molecule has 0 unspecified atom stereocenters. The fourth-order valence-electron chi connectivity index (χ4n) is 2.76. The molecule has 146 valence electrons. The molecule has 7 nitrogen and oxygen atoms in total. The van der Waals surface area contributed by atoms with Crippen LogP contribution in [-0.2, 0) is 6.42 Å². The minimum Gasteiger partial charge on any atom is -0.493 e. The van der Waals surface area contributed by atoms with Crippen molar-refractivity contribution in [2.45, 2.75) is 27.2 Å². The van der Waals surface area contributed by atoms with Gasteiger partial charge >= 0.3 is 0 Å². The van der Waals surface area contributed by atoms with Crippen molar-refractivity contribution in [3.63, 3.8) is 0 Å². The molecule has 0 spiro atoms. The molecule has 0 aliphatic rings. The van der Waals surface area contributed by atoms with E-state index in [9.17, 15) is 4.79 Å². The third-order valence-corrected chi connectivity index (χ3v) is 4.27. The first-order valence-electron chi connectivity index (χ1n) is 9.12. The van der Waals surface area contributed by atoms with Crippen LogP contribution in [0.4, 0.5) is 5.95 Å². The first kappa shape index (κ1) is 20.5. The van der Waals surface area contributed by atoms with Gasteiger partial charge in [-0.1, -0.05) is 6.07 Å². The molecule has 0 saturated heterocycles. The lowest BCUT2D eigenvalue weighted by molar-refractivity contribution is 0.0949. The molecule has 1 N–H and O–H groups in total. The highest BCUT2D eigenvalue weighted by atomic mass is 16.5. The zero-order valence-corrected chi connectivity index (χ0v) is 16.7. The van der Waals surface area contributed by atoms with Gasteiger partial charge in [0.1, 0.15) is 5.69 Å². The molecule has 0 fully saturated rings. The van der Waals surface area contributed by atoms with Gasteiger partial charge in [-0.3, -0.25) is 4.79 Å². The largest absolute Gasteiger partial charge is 0.493 e. The molecule has 0 aliphatic heterocycles. The number of benzene rings is 1. The summed E-state index contributed by atoms with van der Waals surface area (Å²) in [5.74, 6) is 1.75. The molecule has 7 heteroatoms. The van der Waals surface area contributed by atoms with Gasteiger partial charge in [-0.05, 0) is 51.0 Å². The Morgan fingerprint density at radius 1 is 1.07 bits per heavy atom. The number of carbonyl (C=O) groups excluding carboxylic acids is 1. The number of carbonyl (C=O) groups is 1. The average Bonchev–Trinajstić information content (AvgIpc) is 2.68. The van der Waals surface area contributed by atoms with Gasteiger partial charge in [0.15, 0.2) is 11.5 Å². The highest BCUT2D eigenvalue weighted by Gasteiger charge is 2.13. The molecule has 1 heterocycles. The van der Waals surface area contributed by atoms with E-state index in [4.69, 9.17) is 9.47 Å². The van der Waals surface area contributed by atoms with Gasteiger partial charge in [-0.15, -0.1) is 0 Å². The fourth-order valence-corrected chi connectivity index (χ4v) is 2.76. The van der Waals surface area contributed by atoms with E-state index in [1.165, 1.54) is 0 Å². The van der Waals surface area contributed by atoms with Crippen LogP contribution in [-0.4, -0.2) is 49.7 Å². The molecule has 1 aromatic heterocycles. The number of hydrogen-bond acceptors (Lipinski definition) is 6. The zero-order chi connectivity index (χ0) is 19.8. The minimum absolute atomic E-state index is 0.200. The smallest absolute Gasteiger partial charge is 0.270 e. The van der Waals surface area contributed by atoms with Crippen LogP contribution in [0, 0.1) is 6.92 Å². The van der Waals surface area contributed by atoms with Gasteiger partial charge in [0.05, 0.1) is 14.2 Å². The number of hydrogen-bond donors (Lipinski definition) is 1. The van der Waals surface area contributed by atoms with Crippen molar-refractivity contribution in [2.24, 2.45) is 0 Å². The molecule has 0 saturated carbocycles. The van der Waals surface area contributed by atoms with Gasteiger partial charge in [0.2, 0.25) is 5.95 Å². The van der Waals surface area contributed by atoms with Gasteiger partial charge < -0.3 is 19.7 Å². The number of aromatic nitrogens is 2. The molecule has 0 atom stereocenters. The van der Waals surface area contributed by atoms with Gasteiger partial charge in [0, 0.05) is 25.3 Å². The number of anilines is 1. The van der Waals surface area contributed by atoms with Crippen LogP contribution in [0.3, 0.4) is 0 Å². The lowest BCUT2D eigenvalue weighted by Gasteiger charge is -2.19. The summed E-state index contributed by atoms with van der Waals surface area (Å²) < 4.78 is 10.5. The predicted molar refractivity (Wildman–Crippen MR) is 106 cm³/mol. The molecule has 0 radical (unpaired) electrons. The van der Waals surface area contributed by atoms with Crippen LogP contribution >= 0.6 is 0 Å². The first-order chi connectivity index (χ1) is 13.0. The molecule has 2 aromatic rings. The van der Waals surface area contributed by atoms with Crippen molar-refractivity contribution in [3.05, 3.63) is 41.2 Å². The molecule has 1 amide bonds. The zero-order valence-electron chi connectivity index (χ0n) is 16.7. The van der Waals surface area contributed by atoms with Crippen molar-refractivity contribution < 1.29 is 14.3 Å². The van der Waals surface area contributed by atoms with E-state index < -0.39 is 0 Å². The van der Waals surface area contributed by atoms with Gasteiger partial charge in [0.25, 0.3) is 5.91 Å². The van der Waals surface area contributed by atoms with E-state index in [0.717, 1.165) is 24.3 Å². The van der Waals surface area contributed by atoms with E-state index in [1.807, 2.05) is 43.9 Å². The lowest BCUT2D eigenvalue weighted by Crippen LogP contribution is -2.29. The number of aryl methyl sites for hydroxylation is 1. The number of nitrogens with one attached hydrogen (secondary N) is 1. The van der Waals surface area contributed by atoms with Crippen LogP contribution in [0.2, 0.25) is 0 Å². The lowest BCUT2D eigenvalue weighted by atomic mass is 10.1. The molecule has 27 heavy (non-hydrogen) atoms. The molecular weight excluding hydrogens is 344 g/mol. The van der Waals surface area contributed by atoms with E-state index >= 15 is 0 Å². The summed E-state index contributed by atoms with van der Waals surface area (Å²) in [7, 11) is 3.21. The summed E-state index contributed by atoms with van der Waals surface area (Å²) >= 11 is 0. The number of rotatable bonds is 9. The quantitative estimate of drug-likeness (QED) is 0.729. The first-order valence-corrected chi connectivity index (χ1v) is 9.12. The second-order valence-electron chi connectivity index (χ2n) is 6.06. The molecular formula is C20H28N4O3. The summed E-state index contributed by atoms with van der Waals surface area (Å²) in [6, 6.07) is 7.44. The normalized spacial score (nSPS) is 10.4. The number of amides is 1. The van der Waals surface area contributed by atoms with E-state index in [1.54, 1.807) is 20.3 Å². The van der Waals surface area contributed by atoms with E-state index in [-0.39, 0.29) is 5.91 Å². The summed E-state index contributed by atoms with van der Waals surface area (Å²) in [5, 5.41) is 2.92. The Labute approximate surface area is 160 Å². The number of methoxy groups -OCH3 is 2. The van der Waals surface area contributed by atoms with E-state index in [2.05, 4.69) is 15.3 Å². The maximum Gasteiger partial charge on any atom is 0.270 e. The monoisotopic (exact) mass is 372 g/mol. The van der Waals surface area contributed by atoms with Gasteiger partial charge in [-0.25, -0.2) is 9.97 Å². The third-order valence-electron chi connectivity index (χ3n) is 4.27. The Morgan fingerprint density at radius 3 is 2.41 bits per heavy atom. The standard InChI is InChI=1S/C20H28N4O3/c1-6-24(7-2)20-22-14(3)12-16(23-20)19(25)21-11-10-15-8-9-17(26-4)18(13-15)27-5/h8-9,12-13H,6-7,10-11H2,1-5H3,(H,21,25). The fraction of sp³-hybridized carbons (Fsp3) is 0.450. The topological polar surface area (TPSA) is 76.6 Å². The minimum atomic E-state index is -0.200. The van der Waals surface area contributed by atoms with Crippen LogP contribution in [0.25, 0.3) is 0 Å². The summed E-state index contributed by atoms with van der Waals surface area (Å²) in [6.07, 6.45) is 0.680. The average molecular weight is 372 g/mol.